The van der Waals surface area contributed by atoms with Gasteiger partial charge in [0.2, 0.25) is 0 Å². The van der Waals surface area contributed by atoms with E-state index in [4.69, 9.17) is 12.8 Å². The molecule has 0 radical (unpaired) electrons. The zero-order valence-electron chi connectivity index (χ0n) is 6.07. The SMILES string of the molecule is C#Cc1cc(F)c(F)cc1C#C. The van der Waals surface area contributed by atoms with Crippen molar-refractivity contribution in [2.24, 2.45) is 0 Å². The van der Waals surface area contributed by atoms with Gasteiger partial charge >= 0.3 is 0 Å². The smallest absolute Gasteiger partial charge is 0.160 e. The summed E-state index contributed by atoms with van der Waals surface area (Å²) < 4.78 is 25.1. The van der Waals surface area contributed by atoms with E-state index in [1.54, 1.807) is 0 Å². The first-order chi connectivity index (χ1) is 5.69. The van der Waals surface area contributed by atoms with Gasteiger partial charge < -0.3 is 0 Å². The second-order valence-corrected chi connectivity index (χ2v) is 2.10. The van der Waals surface area contributed by atoms with Crippen LogP contribution in [0.3, 0.4) is 0 Å². The Labute approximate surface area is 69.2 Å². The maximum absolute atomic E-state index is 12.5. The van der Waals surface area contributed by atoms with Gasteiger partial charge in [-0.1, -0.05) is 11.8 Å². The van der Waals surface area contributed by atoms with Gasteiger partial charge in [0, 0.05) is 11.1 Å². The zero-order chi connectivity index (χ0) is 9.14. The Morgan fingerprint density at radius 2 is 1.25 bits per heavy atom. The van der Waals surface area contributed by atoms with E-state index in [9.17, 15) is 8.78 Å². The number of halogens is 2. The van der Waals surface area contributed by atoms with Crippen molar-refractivity contribution in [1.82, 2.24) is 0 Å². The molecule has 1 aromatic rings. The fourth-order valence-electron chi connectivity index (χ4n) is 0.786. The zero-order valence-corrected chi connectivity index (χ0v) is 6.07. The molecule has 0 heterocycles. The third-order valence-electron chi connectivity index (χ3n) is 1.37. The van der Waals surface area contributed by atoms with Crippen LogP contribution in [0.1, 0.15) is 11.1 Å². The third-order valence-corrected chi connectivity index (χ3v) is 1.37. The van der Waals surface area contributed by atoms with Gasteiger partial charge in [0.1, 0.15) is 0 Å². The minimum Gasteiger partial charge on any atom is -0.204 e. The number of hydrogen-bond donors (Lipinski definition) is 0. The molecule has 0 N–H and O–H groups in total. The Morgan fingerprint density at radius 3 is 1.50 bits per heavy atom. The summed E-state index contributed by atoms with van der Waals surface area (Å²) in [6.07, 6.45) is 10.0. The molecule has 0 amide bonds. The number of rotatable bonds is 0. The highest BCUT2D eigenvalue weighted by molar-refractivity contribution is 5.48. The molecule has 0 aliphatic heterocycles. The molecule has 1 rings (SSSR count). The molecule has 0 saturated carbocycles. The number of benzene rings is 1. The summed E-state index contributed by atoms with van der Waals surface area (Å²) in [5, 5.41) is 0. The molecular weight excluding hydrogens is 158 g/mol. The second kappa shape index (κ2) is 3.07. The molecule has 0 fully saturated rings. The van der Waals surface area contributed by atoms with Crippen molar-refractivity contribution < 1.29 is 8.78 Å². The number of terminal acetylenes is 2. The maximum Gasteiger partial charge on any atom is 0.160 e. The maximum atomic E-state index is 12.5. The van der Waals surface area contributed by atoms with E-state index in [0.29, 0.717) is 0 Å². The van der Waals surface area contributed by atoms with Gasteiger partial charge in [0.05, 0.1) is 0 Å². The Balaban J connectivity index is 3.44. The standard InChI is InChI=1S/C10H4F2/c1-3-7-5-9(11)10(12)6-8(7)4-2/h1-2,5-6H. The van der Waals surface area contributed by atoms with E-state index in [1.165, 1.54) is 0 Å². The summed E-state index contributed by atoms with van der Waals surface area (Å²) >= 11 is 0. The Morgan fingerprint density at radius 1 is 0.917 bits per heavy atom. The van der Waals surface area contributed by atoms with Gasteiger partial charge in [-0.25, -0.2) is 8.78 Å². The van der Waals surface area contributed by atoms with E-state index < -0.39 is 11.6 Å². The first kappa shape index (κ1) is 8.30. The lowest BCUT2D eigenvalue weighted by molar-refractivity contribution is 0.508. The van der Waals surface area contributed by atoms with Crippen LogP contribution in [0, 0.1) is 36.3 Å². The van der Waals surface area contributed by atoms with Crippen LogP contribution in [0.5, 0.6) is 0 Å². The lowest BCUT2D eigenvalue weighted by atomic mass is 10.1. The molecule has 0 nitrogen and oxygen atoms in total. The van der Waals surface area contributed by atoms with Crippen LogP contribution >= 0.6 is 0 Å². The quantitative estimate of drug-likeness (QED) is 0.511. The minimum atomic E-state index is -0.984. The molecule has 12 heavy (non-hydrogen) atoms. The molecule has 0 spiro atoms. The highest BCUT2D eigenvalue weighted by atomic mass is 19.2. The van der Waals surface area contributed by atoms with Crippen LogP contribution in [-0.4, -0.2) is 0 Å². The van der Waals surface area contributed by atoms with E-state index in [2.05, 4.69) is 11.8 Å². The van der Waals surface area contributed by atoms with Crippen LogP contribution in [0.2, 0.25) is 0 Å². The molecule has 58 valence electrons. The predicted molar refractivity (Wildman–Crippen MR) is 42.2 cm³/mol. The predicted octanol–water partition coefficient (Wildman–Crippen LogP) is 1.93. The number of hydrogen-bond acceptors (Lipinski definition) is 0. The lowest BCUT2D eigenvalue weighted by Gasteiger charge is -1.97. The first-order valence-corrected chi connectivity index (χ1v) is 3.11. The molecule has 0 saturated heterocycles. The summed E-state index contributed by atoms with van der Waals surface area (Å²) in [7, 11) is 0. The van der Waals surface area contributed by atoms with Crippen molar-refractivity contribution in [2.45, 2.75) is 0 Å². The molecule has 2 heteroatoms. The molecule has 1 aromatic carbocycles. The molecule has 0 aliphatic rings. The Kier molecular flexibility index (Phi) is 2.12. The Hall–Kier alpha value is -1.80. The van der Waals surface area contributed by atoms with E-state index in [1.807, 2.05) is 0 Å². The minimum absolute atomic E-state index is 0.191. The molecular formula is C10H4F2. The summed E-state index contributed by atoms with van der Waals surface area (Å²) in [5.41, 5.74) is 0.382. The largest absolute Gasteiger partial charge is 0.204 e. The van der Waals surface area contributed by atoms with Crippen molar-refractivity contribution in [1.29, 1.82) is 0 Å². The fraction of sp³-hybridized carbons (Fsp3) is 0. The van der Waals surface area contributed by atoms with Crippen molar-refractivity contribution in [3.05, 3.63) is 34.9 Å². The molecule has 0 atom stereocenters. The third kappa shape index (κ3) is 1.28. The van der Waals surface area contributed by atoms with E-state index >= 15 is 0 Å². The monoisotopic (exact) mass is 162 g/mol. The summed E-state index contributed by atoms with van der Waals surface area (Å²) in [6, 6.07) is 1.81. The van der Waals surface area contributed by atoms with Crippen LogP contribution in [0.25, 0.3) is 0 Å². The van der Waals surface area contributed by atoms with Crippen molar-refractivity contribution >= 4 is 0 Å². The van der Waals surface area contributed by atoms with Gasteiger partial charge in [0.25, 0.3) is 0 Å². The summed E-state index contributed by atoms with van der Waals surface area (Å²) in [4.78, 5) is 0. The fourth-order valence-corrected chi connectivity index (χ4v) is 0.786. The average molecular weight is 162 g/mol. The van der Waals surface area contributed by atoms with Crippen LogP contribution in [0.4, 0.5) is 8.78 Å². The van der Waals surface area contributed by atoms with E-state index in [0.717, 1.165) is 12.1 Å². The molecule has 0 unspecified atom stereocenters. The highest BCUT2D eigenvalue weighted by Crippen LogP contribution is 2.12. The van der Waals surface area contributed by atoms with Gasteiger partial charge in [0.15, 0.2) is 11.6 Å². The summed E-state index contributed by atoms with van der Waals surface area (Å²) in [6.45, 7) is 0. The highest BCUT2D eigenvalue weighted by Gasteiger charge is 2.05. The molecule has 0 aliphatic carbocycles. The van der Waals surface area contributed by atoms with E-state index in [-0.39, 0.29) is 11.1 Å². The second-order valence-electron chi connectivity index (χ2n) is 2.10. The molecule has 0 aromatic heterocycles. The van der Waals surface area contributed by atoms with Crippen molar-refractivity contribution in [3.63, 3.8) is 0 Å². The average Bonchev–Trinajstić information content (AvgIpc) is 2.09. The van der Waals surface area contributed by atoms with Gasteiger partial charge in [-0.05, 0) is 12.1 Å². The van der Waals surface area contributed by atoms with Gasteiger partial charge in [-0.15, -0.1) is 12.8 Å². The molecule has 0 bridgehead atoms. The first-order valence-electron chi connectivity index (χ1n) is 3.11. The summed E-state index contributed by atoms with van der Waals surface area (Å²) in [5.74, 6) is 2.36. The van der Waals surface area contributed by atoms with Crippen LogP contribution in [-0.2, 0) is 0 Å². The Bertz CT molecular complexity index is 353. The lowest BCUT2D eigenvalue weighted by Crippen LogP contribution is -1.90. The van der Waals surface area contributed by atoms with Crippen LogP contribution < -0.4 is 0 Å². The van der Waals surface area contributed by atoms with Crippen molar-refractivity contribution in [2.75, 3.05) is 0 Å². The topological polar surface area (TPSA) is 0 Å². The van der Waals surface area contributed by atoms with Gasteiger partial charge in [-0.2, -0.15) is 0 Å². The van der Waals surface area contributed by atoms with Crippen molar-refractivity contribution in [3.8, 4) is 24.7 Å². The van der Waals surface area contributed by atoms with Crippen LogP contribution in [0.15, 0.2) is 12.1 Å². The normalized spacial score (nSPS) is 8.67. The van der Waals surface area contributed by atoms with Gasteiger partial charge in [-0.3, -0.25) is 0 Å².